The van der Waals surface area contributed by atoms with Gasteiger partial charge in [-0.1, -0.05) is 22.8 Å². The number of benzene rings is 1. The van der Waals surface area contributed by atoms with Gasteiger partial charge in [-0.2, -0.15) is 0 Å². The van der Waals surface area contributed by atoms with Gasteiger partial charge >= 0.3 is 6.09 Å². The molecule has 1 aromatic heterocycles. The zero-order valence-corrected chi connectivity index (χ0v) is 15.9. The third kappa shape index (κ3) is 2.97. The second kappa shape index (κ2) is 6.74. The first kappa shape index (κ1) is 17.9. The molecule has 1 N–H and O–H groups in total. The summed E-state index contributed by atoms with van der Waals surface area (Å²) in [5, 5.41) is 13.7. The van der Waals surface area contributed by atoms with Crippen LogP contribution in [0.2, 0.25) is 5.02 Å². The number of rotatable bonds is 5. The number of carbonyl (C=O) groups is 1. The van der Waals surface area contributed by atoms with Gasteiger partial charge in [-0.3, -0.25) is 0 Å². The first-order valence-corrected chi connectivity index (χ1v) is 9.94. The molecule has 2 heterocycles. The average molecular weight is 407 g/mol. The second-order valence-electron chi connectivity index (χ2n) is 7.91. The highest BCUT2D eigenvalue weighted by Gasteiger charge is 2.47. The third-order valence-corrected chi connectivity index (χ3v) is 6.45. The number of amides is 1. The minimum atomic E-state index is -0.863. The van der Waals surface area contributed by atoms with Crippen LogP contribution in [0.25, 0.3) is 11.3 Å². The first-order valence-electron chi connectivity index (χ1n) is 9.57. The minimum absolute atomic E-state index is 0.00787. The molecule has 148 valence electrons. The van der Waals surface area contributed by atoms with E-state index in [-0.39, 0.29) is 35.3 Å². The second-order valence-corrected chi connectivity index (χ2v) is 8.32. The molecule has 6 nitrogen and oxygen atoms in total. The van der Waals surface area contributed by atoms with E-state index in [0.717, 1.165) is 30.6 Å². The number of likely N-dealkylation sites (tertiary alicyclic amines) is 1. The van der Waals surface area contributed by atoms with Crippen molar-refractivity contribution in [1.82, 2.24) is 10.1 Å². The van der Waals surface area contributed by atoms with Crippen LogP contribution in [0.15, 0.2) is 22.7 Å². The van der Waals surface area contributed by atoms with Crippen LogP contribution >= 0.6 is 11.6 Å². The van der Waals surface area contributed by atoms with E-state index >= 15 is 0 Å². The molecule has 1 aromatic carbocycles. The van der Waals surface area contributed by atoms with Crippen molar-refractivity contribution in [3.63, 3.8) is 0 Å². The molecule has 8 heteroatoms. The summed E-state index contributed by atoms with van der Waals surface area (Å²) < 4.78 is 26.2. The molecule has 2 aromatic rings. The number of carboxylic acid groups (broad SMARTS) is 1. The van der Waals surface area contributed by atoms with Gasteiger partial charge in [-0.25, -0.2) is 9.18 Å². The lowest BCUT2D eigenvalue weighted by Gasteiger charge is -2.29. The summed E-state index contributed by atoms with van der Waals surface area (Å²) in [5.41, 5.74) is 1.40. The highest BCUT2D eigenvalue weighted by atomic mass is 35.5. The predicted molar refractivity (Wildman–Crippen MR) is 98.7 cm³/mol. The highest BCUT2D eigenvalue weighted by Crippen LogP contribution is 2.46. The molecule has 3 aliphatic rings. The van der Waals surface area contributed by atoms with Gasteiger partial charge in [-0.15, -0.1) is 0 Å². The Morgan fingerprint density at radius 1 is 1.39 bits per heavy atom. The molecule has 2 bridgehead atoms. The van der Waals surface area contributed by atoms with Crippen molar-refractivity contribution in [3.8, 4) is 11.3 Å². The number of hydrogen-bond acceptors (Lipinski definition) is 4. The fourth-order valence-electron chi connectivity index (χ4n) is 4.58. The summed E-state index contributed by atoms with van der Waals surface area (Å²) in [6.45, 7) is 0.770. The van der Waals surface area contributed by atoms with Crippen molar-refractivity contribution < 1.29 is 23.6 Å². The summed E-state index contributed by atoms with van der Waals surface area (Å²) in [5.74, 6) is 0.810. The normalized spacial score (nSPS) is 26.2. The van der Waals surface area contributed by atoms with Crippen molar-refractivity contribution in [2.45, 2.75) is 50.4 Å². The van der Waals surface area contributed by atoms with Gasteiger partial charge in [0.15, 0.2) is 0 Å². The number of ether oxygens (including phenoxy) is 1. The number of nitrogens with zero attached hydrogens (tertiary/aromatic N) is 2. The molecule has 1 amide bonds. The maximum absolute atomic E-state index is 14.5. The van der Waals surface area contributed by atoms with Crippen molar-refractivity contribution >= 4 is 17.7 Å². The van der Waals surface area contributed by atoms with Gasteiger partial charge in [0, 0.05) is 30.0 Å². The lowest BCUT2D eigenvalue weighted by Crippen LogP contribution is -2.41. The maximum Gasteiger partial charge on any atom is 0.407 e. The van der Waals surface area contributed by atoms with Gasteiger partial charge in [0.2, 0.25) is 0 Å². The lowest BCUT2D eigenvalue weighted by molar-refractivity contribution is -0.00789. The van der Waals surface area contributed by atoms with Crippen molar-refractivity contribution in [2.75, 3.05) is 6.54 Å². The Hall–Kier alpha value is -2.12. The first-order chi connectivity index (χ1) is 13.5. The molecule has 3 atom stereocenters. The summed E-state index contributed by atoms with van der Waals surface area (Å²) in [6, 6.07) is 4.57. The van der Waals surface area contributed by atoms with Gasteiger partial charge in [0.1, 0.15) is 17.3 Å². The summed E-state index contributed by atoms with van der Waals surface area (Å²) in [6.07, 6.45) is 2.70. The molecule has 0 radical (unpaired) electrons. The Balaban J connectivity index is 1.38. The van der Waals surface area contributed by atoms with E-state index in [4.69, 9.17) is 20.9 Å². The molecular weight excluding hydrogens is 387 g/mol. The number of halogens is 2. The van der Waals surface area contributed by atoms with E-state index in [9.17, 15) is 14.3 Å². The molecule has 1 saturated heterocycles. The fraction of sp³-hybridized carbons (Fsp3) is 0.500. The number of fused-ring (bicyclic) bond motifs is 2. The standard InChI is InChI=1S/C20H20ClFN2O4/c21-14-2-1-3-15(22)17(14)18-13(19(28-23-18)10-4-5-10)9-27-16-7-12-6-11(16)8-24(12)20(25)26/h1-3,10-12,16H,4-9H2,(H,25,26)/t11-,12-,16+/m0/s1. The topological polar surface area (TPSA) is 75.8 Å². The van der Waals surface area contributed by atoms with E-state index in [1.54, 1.807) is 12.1 Å². The molecule has 0 spiro atoms. The number of aromatic nitrogens is 1. The largest absolute Gasteiger partial charge is 0.465 e. The molecule has 0 unspecified atom stereocenters. The van der Waals surface area contributed by atoms with E-state index in [0.29, 0.717) is 24.6 Å². The van der Waals surface area contributed by atoms with Gasteiger partial charge in [0.05, 0.1) is 23.3 Å². The summed E-state index contributed by atoms with van der Waals surface area (Å²) in [7, 11) is 0. The Labute approximate surface area is 166 Å². The van der Waals surface area contributed by atoms with Crippen molar-refractivity contribution in [2.24, 2.45) is 5.92 Å². The number of piperidine rings is 1. The Morgan fingerprint density at radius 3 is 2.86 bits per heavy atom. The van der Waals surface area contributed by atoms with Crippen LogP contribution in [0.5, 0.6) is 0 Å². The summed E-state index contributed by atoms with van der Waals surface area (Å²) in [4.78, 5) is 12.8. The lowest BCUT2D eigenvalue weighted by atomic mass is 10.0. The molecule has 3 fully saturated rings. The van der Waals surface area contributed by atoms with Gasteiger partial charge in [-0.05, 0) is 37.8 Å². The minimum Gasteiger partial charge on any atom is -0.465 e. The molecule has 2 saturated carbocycles. The van der Waals surface area contributed by atoms with Crippen molar-refractivity contribution in [3.05, 3.63) is 40.4 Å². The zero-order valence-electron chi connectivity index (χ0n) is 15.1. The Morgan fingerprint density at radius 2 is 2.21 bits per heavy atom. The highest BCUT2D eigenvalue weighted by molar-refractivity contribution is 6.33. The zero-order chi connectivity index (χ0) is 19.4. The number of hydrogen-bond donors (Lipinski definition) is 1. The predicted octanol–water partition coefficient (Wildman–Crippen LogP) is 4.67. The average Bonchev–Trinajstić information content (AvgIpc) is 3.11. The van der Waals surface area contributed by atoms with E-state index < -0.39 is 11.9 Å². The van der Waals surface area contributed by atoms with Crippen LogP contribution in [0.1, 0.15) is 42.9 Å². The SMILES string of the molecule is O=C(O)N1C[C@@H]2C[C@H]1C[C@H]2OCc1c(-c2c(F)cccc2Cl)noc1C1CC1. The third-order valence-electron chi connectivity index (χ3n) is 6.13. The van der Waals surface area contributed by atoms with Crippen LogP contribution in [0.4, 0.5) is 9.18 Å². The molecular formula is C20H20ClFN2O4. The molecule has 5 rings (SSSR count). The van der Waals surface area contributed by atoms with Crippen LogP contribution in [-0.2, 0) is 11.3 Å². The monoisotopic (exact) mass is 406 g/mol. The van der Waals surface area contributed by atoms with Crippen LogP contribution in [-0.4, -0.2) is 39.9 Å². The molecule has 1 aliphatic heterocycles. The molecule has 2 aliphatic carbocycles. The van der Waals surface area contributed by atoms with Crippen LogP contribution < -0.4 is 0 Å². The van der Waals surface area contributed by atoms with Crippen LogP contribution in [0.3, 0.4) is 0 Å². The van der Waals surface area contributed by atoms with Gasteiger partial charge < -0.3 is 19.3 Å². The fourth-order valence-corrected chi connectivity index (χ4v) is 4.84. The maximum atomic E-state index is 14.5. The molecule has 28 heavy (non-hydrogen) atoms. The Kier molecular flexibility index (Phi) is 4.32. The quantitative estimate of drug-likeness (QED) is 0.780. The van der Waals surface area contributed by atoms with E-state index in [2.05, 4.69) is 5.16 Å². The summed E-state index contributed by atoms with van der Waals surface area (Å²) >= 11 is 6.24. The van der Waals surface area contributed by atoms with Crippen LogP contribution in [0, 0.1) is 11.7 Å². The van der Waals surface area contributed by atoms with E-state index in [1.165, 1.54) is 11.0 Å². The Bertz CT molecular complexity index is 909. The smallest absolute Gasteiger partial charge is 0.407 e. The van der Waals surface area contributed by atoms with E-state index in [1.807, 2.05) is 0 Å². The van der Waals surface area contributed by atoms with Crippen molar-refractivity contribution in [1.29, 1.82) is 0 Å². The van der Waals surface area contributed by atoms with Gasteiger partial charge in [0.25, 0.3) is 0 Å².